The van der Waals surface area contributed by atoms with Gasteiger partial charge in [0, 0.05) is 30.6 Å². The molecule has 2 rings (SSSR count). The summed E-state index contributed by atoms with van der Waals surface area (Å²) in [5.41, 5.74) is 1.83. The summed E-state index contributed by atoms with van der Waals surface area (Å²) in [4.78, 5) is 11.6. The molecule has 0 aliphatic carbocycles. The molecule has 0 radical (unpaired) electrons. The Morgan fingerprint density at radius 1 is 1.43 bits per heavy atom. The Bertz CT molecular complexity index is 662. The Balaban J connectivity index is 2.65. The van der Waals surface area contributed by atoms with Crippen LogP contribution in [0.3, 0.4) is 0 Å². The number of aromatic carboxylic acids is 1. The quantitative estimate of drug-likeness (QED) is 0.936. The monoisotopic (exact) mass is 291 g/mol. The molecule has 0 aliphatic rings. The first-order valence-electron chi connectivity index (χ1n) is 7.02. The van der Waals surface area contributed by atoms with Gasteiger partial charge >= 0.3 is 5.97 Å². The molecular formula is C15H21N3O3. The van der Waals surface area contributed by atoms with Gasteiger partial charge in [0.05, 0.1) is 5.69 Å². The number of rotatable bonds is 4. The molecule has 21 heavy (non-hydrogen) atoms. The predicted octanol–water partition coefficient (Wildman–Crippen LogP) is 3.02. The number of aryl methyl sites for hydroxylation is 2. The van der Waals surface area contributed by atoms with Gasteiger partial charge in [-0.25, -0.2) is 4.79 Å². The standard InChI is InChI=1S/C15H21N3O3/c1-6-7-10-11(14(19)20)12(17-21-10)9-8-18(5)16-13(9)15(2,3)4/h8H,6-7H2,1-5H3,(H,19,20). The van der Waals surface area contributed by atoms with Crippen molar-refractivity contribution < 1.29 is 14.4 Å². The molecule has 1 N–H and O–H groups in total. The molecule has 0 aromatic carbocycles. The van der Waals surface area contributed by atoms with Crippen molar-refractivity contribution in [2.24, 2.45) is 7.05 Å². The maximum atomic E-state index is 11.6. The van der Waals surface area contributed by atoms with E-state index in [1.807, 2.05) is 34.7 Å². The van der Waals surface area contributed by atoms with Gasteiger partial charge in [-0.3, -0.25) is 4.68 Å². The summed E-state index contributed by atoms with van der Waals surface area (Å²) in [5, 5.41) is 18.0. The number of nitrogens with zero attached hydrogens (tertiary/aromatic N) is 3. The van der Waals surface area contributed by atoms with Crippen LogP contribution in [0.2, 0.25) is 0 Å². The zero-order valence-corrected chi connectivity index (χ0v) is 13.1. The van der Waals surface area contributed by atoms with Crippen LogP contribution >= 0.6 is 0 Å². The van der Waals surface area contributed by atoms with Crippen LogP contribution in [0.15, 0.2) is 10.7 Å². The van der Waals surface area contributed by atoms with Crippen molar-refractivity contribution in [3.63, 3.8) is 0 Å². The zero-order chi connectivity index (χ0) is 15.8. The summed E-state index contributed by atoms with van der Waals surface area (Å²) in [7, 11) is 1.81. The van der Waals surface area contributed by atoms with Crippen molar-refractivity contribution in [3.8, 4) is 11.3 Å². The lowest BCUT2D eigenvalue weighted by Gasteiger charge is -2.16. The van der Waals surface area contributed by atoms with Crippen LogP contribution in [0.1, 0.15) is 55.9 Å². The second-order valence-corrected chi connectivity index (χ2v) is 6.20. The number of carboxylic acids is 1. The van der Waals surface area contributed by atoms with Crippen LogP contribution in [0.5, 0.6) is 0 Å². The highest BCUT2D eigenvalue weighted by Gasteiger charge is 2.30. The molecule has 0 atom stereocenters. The summed E-state index contributed by atoms with van der Waals surface area (Å²) >= 11 is 0. The molecule has 0 saturated carbocycles. The first-order chi connectivity index (χ1) is 9.75. The Kier molecular flexibility index (Phi) is 3.89. The third kappa shape index (κ3) is 2.84. The van der Waals surface area contributed by atoms with E-state index in [0.717, 1.165) is 12.1 Å². The van der Waals surface area contributed by atoms with Gasteiger partial charge in [0.2, 0.25) is 0 Å². The van der Waals surface area contributed by atoms with Gasteiger partial charge in [0.25, 0.3) is 0 Å². The number of hydrogen-bond donors (Lipinski definition) is 1. The van der Waals surface area contributed by atoms with Gasteiger partial charge in [-0.15, -0.1) is 0 Å². The minimum absolute atomic E-state index is 0.148. The second-order valence-electron chi connectivity index (χ2n) is 6.20. The summed E-state index contributed by atoms with van der Waals surface area (Å²) in [5.74, 6) is -0.595. The molecule has 114 valence electrons. The van der Waals surface area contributed by atoms with E-state index in [1.54, 1.807) is 10.9 Å². The molecule has 2 heterocycles. The Morgan fingerprint density at radius 2 is 2.10 bits per heavy atom. The van der Waals surface area contributed by atoms with Crippen molar-refractivity contribution in [3.05, 3.63) is 23.2 Å². The Hall–Kier alpha value is -2.11. The van der Waals surface area contributed by atoms with Crippen LogP contribution in [0.4, 0.5) is 0 Å². The highest BCUT2D eigenvalue weighted by atomic mass is 16.5. The first-order valence-corrected chi connectivity index (χ1v) is 7.02. The molecular weight excluding hydrogens is 270 g/mol. The molecule has 2 aromatic rings. The SMILES string of the molecule is CCCc1onc(-c2cn(C)nc2C(C)(C)C)c1C(=O)O. The van der Waals surface area contributed by atoms with Crippen LogP contribution in [0.25, 0.3) is 11.3 Å². The maximum Gasteiger partial charge on any atom is 0.341 e. The van der Waals surface area contributed by atoms with E-state index in [9.17, 15) is 9.90 Å². The number of hydrogen-bond acceptors (Lipinski definition) is 4. The van der Waals surface area contributed by atoms with Crippen molar-refractivity contribution >= 4 is 5.97 Å². The molecule has 6 nitrogen and oxygen atoms in total. The summed E-state index contributed by atoms with van der Waals surface area (Å²) in [6.45, 7) is 8.07. The van der Waals surface area contributed by atoms with E-state index >= 15 is 0 Å². The minimum atomic E-state index is -1.02. The van der Waals surface area contributed by atoms with Crippen LogP contribution in [-0.4, -0.2) is 26.0 Å². The summed E-state index contributed by atoms with van der Waals surface area (Å²) in [6, 6.07) is 0. The summed E-state index contributed by atoms with van der Waals surface area (Å²) < 4.78 is 6.94. The fourth-order valence-electron chi connectivity index (χ4n) is 2.34. The zero-order valence-electron chi connectivity index (χ0n) is 13.1. The van der Waals surface area contributed by atoms with Gasteiger partial charge in [-0.05, 0) is 6.42 Å². The smallest absolute Gasteiger partial charge is 0.341 e. The molecule has 0 bridgehead atoms. The van der Waals surface area contributed by atoms with Gasteiger partial charge in [-0.2, -0.15) is 5.10 Å². The fraction of sp³-hybridized carbons (Fsp3) is 0.533. The molecule has 0 aliphatic heterocycles. The average molecular weight is 291 g/mol. The topological polar surface area (TPSA) is 81.2 Å². The van der Waals surface area contributed by atoms with Crippen LogP contribution in [0, 0.1) is 0 Å². The van der Waals surface area contributed by atoms with Crippen LogP contribution in [-0.2, 0) is 18.9 Å². The highest BCUT2D eigenvalue weighted by molar-refractivity contribution is 5.96. The minimum Gasteiger partial charge on any atom is -0.477 e. The van der Waals surface area contributed by atoms with E-state index in [0.29, 0.717) is 23.4 Å². The average Bonchev–Trinajstić information content (AvgIpc) is 2.92. The van der Waals surface area contributed by atoms with Crippen molar-refractivity contribution in [1.82, 2.24) is 14.9 Å². The van der Waals surface area contributed by atoms with Crippen LogP contribution < -0.4 is 0 Å². The van der Waals surface area contributed by atoms with Crippen molar-refractivity contribution in [2.75, 3.05) is 0 Å². The van der Waals surface area contributed by atoms with E-state index in [1.165, 1.54) is 0 Å². The van der Waals surface area contributed by atoms with E-state index < -0.39 is 5.97 Å². The lowest BCUT2D eigenvalue weighted by Crippen LogP contribution is -2.14. The molecule has 0 saturated heterocycles. The molecule has 0 amide bonds. The first kappa shape index (κ1) is 15.3. The number of aromatic nitrogens is 3. The van der Waals surface area contributed by atoms with Gasteiger partial charge < -0.3 is 9.63 Å². The van der Waals surface area contributed by atoms with Gasteiger partial charge in [-0.1, -0.05) is 32.9 Å². The number of carboxylic acid groups (broad SMARTS) is 1. The predicted molar refractivity (Wildman–Crippen MR) is 78.4 cm³/mol. The Labute approximate surface area is 123 Å². The van der Waals surface area contributed by atoms with E-state index in [-0.39, 0.29) is 11.0 Å². The molecule has 0 unspecified atom stereocenters. The molecule has 0 spiro atoms. The van der Waals surface area contributed by atoms with Crippen molar-refractivity contribution in [2.45, 2.75) is 46.0 Å². The van der Waals surface area contributed by atoms with E-state index in [2.05, 4.69) is 10.3 Å². The third-order valence-corrected chi connectivity index (χ3v) is 3.25. The van der Waals surface area contributed by atoms with Gasteiger partial charge in [0.1, 0.15) is 11.3 Å². The van der Waals surface area contributed by atoms with E-state index in [4.69, 9.17) is 4.52 Å². The number of carbonyl (C=O) groups is 1. The second kappa shape index (κ2) is 5.35. The normalized spacial score (nSPS) is 11.9. The lowest BCUT2D eigenvalue weighted by atomic mass is 9.88. The highest BCUT2D eigenvalue weighted by Crippen LogP contribution is 2.34. The Morgan fingerprint density at radius 3 is 2.62 bits per heavy atom. The van der Waals surface area contributed by atoms with Gasteiger partial charge in [0.15, 0.2) is 5.76 Å². The molecule has 2 aromatic heterocycles. The fourth-order valence-corrected chi connectivity index (χ4v) is 2.34. The maximum absolute atomic E-state index is 11.6. The van der Waals surface area contributed by atoms with Crippen molar-refractivity contribution in [1.29, 1.82) is 0 Å². The summed E-state index contributed by atoms with van der Waals surface area (Å²) in [6.07, 6.45) is 3.15. The lowest BCUT2D eigenvalue weighted by molar-refractivity contribution is 0.0695. The molecule has 0 fully saturated rings. The third-order valence-electron chi connectivity index (χ3n) is 3.25. The largest absolute Gasteiger partial charge is 0.477 e. The molecule has 6 heteroatoms.